The highest BCUT2D eigenvalue weighted by atomic mass is 32.2. The van der Waals surface area contributed by atoms with Gasteiger partial charge in [-0.2, -0.15) is 13.2 Å². The van der Waals surface area contributed by atoms with Crippen LogP contribution in [-0.2, 0) is 0 Å². The van der Waals surface area contributed by atoms with Crippen LogP contribution in [0, 0.1) is 0 Å². The van der Waals surface area contributed by atoms with Gasteiger partial charge in [-0.1, -0.05) is 12.1 Å². The van der Waals surface area contributed by atoms with E-state index in [1.165, 1.54) is 37.4 Å². The molecule has 0 heterocycles. The molecule has 0 aliphatic carbocycles. The van der Waals surface area contributed by atoms with Crippen LogP contribution in [0.15, 0.2) is 35.2 Å². The SMILES string of the molecule is COc1ccc2c(SC(F)(F)F)cccc2c1C(=O)O. The first kappa shape index (κ1) is 14.5. The number of carboxylic acid groups (broad SMARTS) is 1. The van der Waals surface area contributed by atoms with Gasteiger partial charge in [0.05, 0.1) is 7.11 Å². The van der Waals surface area contributed by atoms with Gasteiger partial charge in [0.25, 0.3) is 0 Å². The molecule has 1 N–H and O–H groups in total. The molecule has 0 aromatic heterocycles. The van der Waals surface area contributed by atoms with Crippen molar-refractivity contribution in [1.82, 2.24) is 0 Å². The zero-order valence-electron chi connectivity index (χ0n) is 10.2. The van der Waals surface area contributed by atoms with E-state index >= 15 is 0 Å². The van der Waals surface area contributed by atoms with Gasteiger partial charge in [0.15, 0.2) is 0 Å². The summed E-state index contributed by atoms with van der Waals surface area (Å²) in [5.41, 5.74) is -4.58. The summed E-state index contributed by atoms with van der Waals surface area (Å²) in [6.45, 7) is 0. The highest BCUT2D eigenvalue weighted by molar-refractivity contribution is 8.00. The fraction of sp³-hybridized carbons (Fsp3) is 0.154. The summed E-state index contributed by atoms with van der Waals surface area (Å²) >= 11 is -0.270. The molecule has 0 fully saturated rings. The summed E-state index contributed by atoms with van der Waals surface area (Å²) in [5.74, 6) is -1.14. The maximum atomic E-state index is 12.5. The van der Waals surface area contributed by atoms with Crippen molar-refractivity contribution >= 4 is 28.5 Å². The smallest absolute Gasteiger partial charge is 0.446 e. The maximum Gasteiger partial charge on any atom is 0.446 e. The lowest BCUT2D eigenvalue weighted by atomic mass is 10.0. The molecule has 0 aliphatic rings. The molecule has 0 bridgehead atoms. The van der Waals surface area contributed by atoms with Crippen LogP contribution in [0.5, 0.6) is 5.75 Å². The van der Waals surface area contributed by atoms with E-state index in [-0.39, 0.29) is 38.7 Å². The number of rotatable bonds is 3. The van der Waals surface area contributed by atoms with Gasteiger partial charge in [-0.25, -0.2) is 4.79 Å². The number of fused-ring (bicyclic) bond motifs is 1. The van der Waals surface area contributed by atoms with Crippen molar-refractivity contribution in [2.75, 3.05) is 7.11 Å². The van der Waals surface area contributed by atoms with Crippen LogP contribution in [0.3, 0.4) is 0 Å². The van der Waals surface area contributed by atoms with Gasteiger partial charge in [-0.05, 0) is 35.3 Å². The summed E-state index contributed by atoms with van der Waals surface area (Å²) in [4.78, 5) is 11.2. The van der Waals surface area contributed by atoms with Crippen LogP contribution in [0.4, 0.5) is 13.2 Å². The van der Waals surface area contributed by atoms with E-state index < -0.39 is 11.5 Å². The largest absolute Gasteiger partial charge is 0.496 e. The van der Waals surface area contributed by atoms with Gasteiger partial charge < -0.3 is 9.84 Å². The molecule has 2 rings (SSSR count). The maximum absolute atomic E-state index is 12.5. The van der Waals surface area contributed by atoms with Gasteiger partial charge in [-0.15, -0.1) is 0 Å². The van der Waals surface area contributed by atoms with Crippen molar-refractivity contribution in [2.24, 2.45) is 0 Å². The number of aromatic carboxylic acids is 1. The number of thioether (sulfide) groups is 1. The first-order valence-electron chi connectivity index (χ1n) is 5.42. The van der Waals surface area contributed by atoms with Crippen molar-refractivity contribution in [1.29, 1.82) is 0 Å². The Morgan fingerprint density at radius 2 is 1.90 bits per heavy atom. The second-order valence-electron chi connectivity index (χ2n) is 3.85. The Morgan fingerprint density at radius 1 is 1.20 bits per heavy atom. The molecular formula is C13H9F3O3S. The van der Waals surface area contributed by atoms with Crippen LogP contribution in [0.2, 0.25) is 0 Å². The number of carbonyl (C=O) groups is 1. The van der Waals surface area contributed by atoms with Crippen LogP contribution in [0.25, 0.3) is 10.8 Å². The third-order valence-electron chi connectivity index (χ3n) is 2.64. The molecule has 7 heteroatoms. The summed E-state index contributed by atoms with van der Waals surface area (Å²) in [6.07, 6.45) is 0. The van der Waals surface area contributed by atoms with Crippen molar-refractivity contribution in [3.8, 4) is 5.75 Å². The molecular weight excluding hydrogens is 293 g/mol. The Bertz CT molecular complexity index is 668. The van der Waals surface area contributed by atoms with Gasteiger partial charge in [0.1, 0.15) is 11.3 Å². The fourth-order valence-corrected chi connectivity index (χ4v) is 2.60. The minimum atomic E-state index is -4.43. The Kier molecular flexibility index (Phi) is 3.80. The number of carboxylic acids is 1. The monoisotopic (exact) mass is 302 g/mol. The van der Waals surface area contributed by atoms with Gasteiger partial charge >= 0.3 is 11.5 Å². The topological polar surface area (TPSA) is 46.5 Å². The molecule has 0 aliphatic heterocycles. The summed E-state index contributed by atoms with van der Waals surface area (Å²) < 4.78 is 42.4. The highest BCUT2D eigenvalue weighted by Gasteiger charge is 2.30. The van der Waals surface area contributed by atoms with E-state index in [1.807, 2.05) is 0 Å². The molecule has 3 nitrogen and oxygen atoms in total. The zero-order chi connectivity index (χ0) is 14.9. The molecule has 0 atom stereocenters. The molecule has 0 amide bonds. The lowest BCUT2D eigenvalue weighted by molar-refractivity contribution is -0.0327. The fourth-order valence-electron chi connectivity index (χ4n) is 1.91. The molecule has 2 aromatic rings. The van der Waals surface area contributed by atoms with E-state index in [0.717, 1.165) is 0 Å². The van der Waals surface area contributed by atoms with Crippen molar-refractivity contribution in [3.63, 3.8) is 0 Å². The number of hydrogen-bond acceptors (Lipinski definition) is 3. The number of methoxy groups -OCH3 is 1. The van der Waals surface area contributed by atoms with Crippen molar-refractivity contribution < 1.29 is 27.8 Å². The summed E-state index contributed by atoms with van der Waals surface area (Å²) in [5, 5.41) is 9.65. The van der Waals surface area contributed by atoms with Crippen molar-refractivity contribution in [3.05, 3.63) is 35.9 Å². The van der Waals surface area contributed by atoms with E-state index in [4.69, 9.17) is 4.74 Å². The lowest BCUT2D eigenvalue weighted by Gasteiger charge is -2.12. The van der Waals surface area contributed by atoms with Crippen LogP contribution in [-0.4, -0.2) is 23.7 Å². The van der Waals surface area contributed by atoms with Crippen LogP contribution >= 0.6 is 11.8 Å². The number of benzene rings is 2. The number of halogens is 3. The Labute approximate surface area is 116 Å². The Hall–Kier alpha value is -1.89. The predicted molar refractivity (Wildman–Crippen MR) is 69.4 cm³/mol. The Morgan fingerprint density at radius 3 is 2.45 bits per heavy atom. The third-order valence-corrected chi connectivity index (χ3v) is 3.45. The molecule has 0 unspecified atom stereocenters. The second kappa shape index (κ2) is 5.24. The average Bonchev–Trinajstić information content (AvgIpc) is 2.35. The second-order valence-corrected chi connectivity index (χ2v) is 4.95. The standard InChI is InChI=1S/C13H9F3O3S/c1-19-9-6-5-7-8(11(9)12(17)18)3-2-4-10(7)20-13(14,15)16/h2-6H,1H3,(H,17,18). The Balaban J connectivity index is 2.72. The first-order valence-corrected chi connectivity index (χ1v) is 6.24. The van der Waals surface area contributed by atoms with Crippen LogP contribution < -0.4 is 4.74 Å². The minimum Gasteiger partial charge on any atom is -0.496 e. The minimum absolute atomic E-state index is 0.0415. The molecule has 0 spiro atoms. The third kappa shape index (κ3) is 2.82. The molecule has 106 valence electrons. The van der Waals surface area contributed by atoms with E-state index in [1.54, 1.807) is 0 Å². The molecule has 0 saturated heterocycles. The molecule has 0 saturated carbocycles. The first-order chi connectivity index (χ1) is 9.33. The van der Waals surface area contributed by atoms with E-state index in [0.29, 0.717) is 0 Å². The predicted octanol–water partition coefficient (Wildman–Crippen LogP) is 4.16. The summed E-state index contributed by atoms with van der Waals surface area (Å²) in [6, 6.07) is 6.93. The highest BCUT2D eigenvalue weighted by Crippen LogP contribution is 2.41. The van der Waals surface area contributed by atoms with E-state index in [2.05, 4.69) is 0 Å². The normalized spacial score (nSPS) is 11.6. The van der Waals surface area contributed by atoms with Crippen molar-refractivity contribution in [2.45, 2.75) is 10.4 Å². The van der Waals surface area contributed by atoms with Gasteiger partial charge in [-0.3, -0.25) is 0 Å². The summed E-state index contributed by atoms with van der Waals surface area (Å²) in [7, 11) is 1.31. The number of ether oxygens (including phenoxy) is 1. The number of hydrogen-bond donors (Lipinski definition) is 1. The zero-order valence-corrected chi connectivity index (χ0v) is 11.0. The molecule has 20 heavy (non-hydrogen) atoms. The van der Waals surface area contributed by atoms with Gasteiger partial charge in [0.2, 0.25) is 0 Å². The lowest BCUT2D eigenvalue weighted by Crippen LogP contribution is -2.03. The van der Waals surface area contributed by atoms with Crippen LogP contribution in [0.1, 0.15) is 10.4 Å². The average molecular weight is 302 g/mol. The van der Waals surface area contributed by atoms with E-state index in [9.17, 15) is 23.1 Å². The number of alkyl halides is 3. The quantitative estimate of drug-likeness (QED) is 0.865. The van der Waals surface area contributed by atoms with Gasteiger partial charge in [0, 0.05) is 10.3 Å². The molecule has 0 radical (unpaired) electrons. The molecule has 2 aromatic carbocycles.